The average molecular weight is 404 g/mol. The summed E-state index contributed by atoms with van der Waals surface area (Å²) in [6.07, 6.45) is 0.862. The van der Waals surface area contributed by atoms with Crippen LogP contribution in [0.25, 0.3) is 0 Å². The van der Waals surface area contributed by atoms with E-state index in [-0.39, 0.29) is 10.8 Å². The standard InChI is InChI=1S/C20H24N2O5S/c1-2-13-27-19-6-4-3-5-18(19)21-20(23)16-7-9-17(10-8-16)28(24,25)22-11-14-26-15-12-22/h3-10H,2,11-15H2,1H3,(H,21,23). The normalized spacial score (nSPS) is 15.2. The molecule has 1 amide bonds. The summed E-state index contributed by atoms with van der Waals surface area (Å²) < 4.78 is 37.6. The number of sulfonamides is 1. The lowest BCUT2D eigenvalue weighted by atomic mass is 10.2. The number of anilines is 1. The summed E-state index contributed by atoms with van der Waals surface area (Å²) in [5.41, 5.74) is 0.942. The van der Waals surface area contributed by atoms with E-state index < -0.39 is 10.0 Å². The number of carbonyl (C=O) groups excluding carboxylic acids is 1. The summed E-state index contributed by atoms with van der Waals surface area (Å²) in [6, 6.07) is 13.1. The lowest BCUT2D eigenvalue weighted by Crippen LogP contribution is -2.40. The highest BCUT2D eigenvalue weighted by Crippen LogP contribution is 2.25. The predicted octanol–water partition coefficient (Wildman–Crippen LogP) is 2.75. The third-order valence-electron chi connectivity index (χ3n) is 4.32. The minimum Gasteiger partial charge on any atom is -0.491 e. The van der Waals surface area contributed by atoms with Crippen LogP contribution in [0.15, 0.2) is 53.4 Å². The molecule has 0 bridgehead atoms. The van der Waals surface area contributed by atoms with Gasteiger partial charge in [-0.1, -0.05) is 19.1 Å². The van der Waals surface area contributed by atoms with E-state index >= 15 is 0 Å². The number of para-hydroxylation sites is 2. The monoisotopic (exact) mass is 404 g/mol. The molecular formula is C20H24N2O5S. The van der Waals surface area contributed by atoms with Crippen LogP contribution in [0.4, 0.5) is 5.69 Å². The second-order valence-electron chi connectivity index (χ2n) is 6.34. The number of nitrogens with zero attached hydrogens (tertiary/aromatic N) is 1. The summed E-state index contributed by atoms with van der Waals surface area (Å²) in [6.45, 7) is 4.01. The van der Waals surface area contributed by atoms with Gasteiger partial charge in [0.05, 0.1) is 30.4 Å². The fourth-order valence-electron chi connectivity index (χ4n) is 2.82. The molecule has 0 unspecified atom stereocenters. The van der Waals surface area contributed by atoms with Gasteiger partial charge in [0.2, 0.25) is 10.0 Å². The Labute approximate surface area is 165 Å². The van der Waals surface area contributed by atoms with E-state index in [9.17, 15) is 13.2 Å². The molecule has 7 nitrogen and oxygen atoms in total. The van der Waals surface area contributed by atoms with Crippen LogP contribution < -0.4 is 10.1 Å². The van der Waals surface area contributed by atoms with Crippen LogP contribution in [-0.4, -0.2) is 51.5 Å². The summed E-state index contributed by atoms with van der Waals surface area (Å²) in [5.74, 6) is 0.270. The van der Waals surface area contributed by atoms with Gasteiger partial charge in [-0.25, -0.2) is 8.42 Å². The van der Waals surface area contributed by atoms with Gasteiger partial charge in [-0.3, -0.25) is 4.79 Å². The molecule has 1 aliphatic heterocycles. The van der Waals surface area contributed by atoms with Crippen LogP contribution in [0.3, 0.4) is 0 Å². The predicted molar refractivity (Wildman–Crippen MR) is 106 cm³/mol. The minimum absolute atomic E-state index is 0.164. The molecule has 3 rings (SSSR count). The number of amides is 1. The molecule has 1 aliphatic rings. The molecule has 0 radical (unpaired) electrons. The molecule has 0 atom stereocenters. The van der Waals surface area contributed by atoms with Crippen LogP contribution in [0.5, 0.6) is 5.75 Å². The van der Waals surface area contributed by atoms with Gasteiger partial charge in [0.25, 0.3) is 5.91 Å². The molecule has 0 aromatic heterocycles. The molecular weight excluding hydrogens is 380 g/mol. The van der Waals surface area contributed by atoms with Crippen LogP contribution in [0, 0.1) is 0 Å². The molecule has 0 spiro atoms. The second-order valence-corrected chi connectivity index (χ2v) is 8.28. The first-order valence-corrected chi connectivity index (χ1v) is 10.7. The van der Waals surface area contributed by atoms with E-state index in [1.165, 1.54) is 28.6 Å². The number of nitrogens with one attached hydrogen (secondary N) is 1. The topological polar surface area (TPSA) is 84.9 Å². The zero-order valence-electron chi connectivity index (χ0n) is 15.8. The molecule has 0 aliphatic carbocycles. The Balaban J connectivity index is 1.72. The molecule has 2 aromatic rings. The van der Waals surface area contributed by atoms with Gasteiger partial charge in [0.15, 0.2) is 0 Å². The third kappa shape index (κ3) is 4.70. The van der Waals surface area contributed by atoms with Crippen molar-refractivity contribution in [2.75, 3.05) is 38.2 Å². The van der Waals surface area contributed by atoms with Crippen molar-refractivity contribution in [3.05, 3.63) is 54.1 Å². The highest BCUT2D eigenvalue weighted by molar-refractivity contribution is 7.89. The summed E-state index contributed by atoms with van der Waals surface area (Å²) in [7, 11) is -3.58. The van der Waals surface area contributed by atoms with Gasteiger partial charge in [-0.2, -0.15) is 4.31 Å². The molecule has 0 saturated carbocycles. The van der Waals surface area contributed by atoms with E-state index in [1.807, 2.05) is 19.1 Å². The summed E-state index contributed by atoms with van der Waals surface area (Å²) in [5, 5.41) is 2.82. The molecule has 2 aromatic carbocycles. The van der Waals surface area contributed by atoms with Crippen molar-refractivity contribution in [3.8, 4) is 5.75 Å². The minimum atomic E-state index is -3.58. The van der Waals surface area contributed by atoms with Gasteiger partial charge >= 0.3 is 0 Å². The van der Waals surface area contributed by atoms with E-state index in [1.54, 1.807) is 12.1 Å². The fraction of sp³-hybridized carbons (Fsp3) is 0.350. The van der Waals surface area contributed by atoms with Gasteiger partial charge in [-0.15, -0.1) is 0 Å². The van der Waals surface area contributed by atoms with E-state index in [0.29, 0.717) is 49.9 Å². The van der Waals surface area contributed by atoms with Crippen LogP contribution in [-0.2, 0) is 14.8 Å². The van der Waals surface area contributed by atoms with Crippen molar-refractivity contribution in [1.29, 1.82) is 0 Å². The first-order chi connectivity index (χ1) is 13.5. The number of benzene rings is 2. The van der Waals surface area contributed by atoms with Crippen molar-refractivity contribution >= 4 is 21.6 Å². The van der Waals surface area contributed by atoms with E-state index in [4.69, 9.17) is 9.47 Å². The molecule has 1 N–H and O–H groups in total. The Morgan fingerprint density at radius 2 is 1.79 bits per heavy atom. The molecule has 28 heavy (non-hydrogen) atoms. The van der Waals surface area contributed by atoms with Gasteiger partial charge in [-0.05, 0) is 42.8 Å². The number of morpholine rings is 1. The number of carbonyl (C=O) groups is 1. The van der Waals surface area contributed by atoms with E-state index in [0.717, 1.165) is 6.42 Å². The zero-order chi connectivity index (χ0) is 20.0. The van der Waals surface area contributed by atoms with Gasteiger partial charge in [0, 0.05) is 18.7 Å². The first-order valence-electron chi connectivity index (χ1n) is 9.23. The Morgan fingerprint density at radius 1 is 1.11 bits per heavy atom. The lowest BCUT2D eigenvalue weighted by Gasteiger charge is -2.26. The van der Waals surface area contributed by atoms with Crippen molar-refractivity contribution in [2.45, 2.75) is 18.2 Å². The van der Waals surface area contributed by atoms with Crippen molar-refractivity contribution < 1.29 is 22.7 Å². The maximum absolute atomic E-state index is 12.7. The summed E-state index contributed by atoms with van der Waals surface area (Å²) >= 11 is 0. The maximum Gasteiger partial charge on any atom is 0.255 e. The molecule has 8 heteroatoms. The van der Waals surface area contributed by atoms with Crippen molar-refractivity contribution in [2.24, 2.45) is 0 Å². The molecule has 1 heterocycles. The third-order valence-corrected chi connectivity index (χ3v) is 6.23. The SMILES string of the molecule is CCCOc1ccccc1NC(=O)c1ccc(S(=O)(=O)N2CCOCC2)cc1. The van der Waals surface area contributed by atoms with Crippen LogP contribution in [0.1, 0.15) is 23.7 Å². The first kappa shape index (κ1) is 20.3. The van der Waals surface area contributed by atoms with Crippen LogP contribution in [0.2, 0.25) is 0 Å². The Bertz CT molecular complexity index is 906. The lowest BCUT2D eigenvalue weighted by molar-refractivity contribution is 0.0730. The zero-order valence-corrected chi connectivity index (χ0v) is 16.6. The highest BCUT2D eigenvalue weighted by Gasteiger charge is 2.26. The van der Waals surface area contributed by atoms with Crippen LogP contribution >= 0.6 is 0 Å². The second kappa shape index (κ2) is 9.18. The quantitative estimate of drug-likeness (QED) is 0.767. The number of hydrogen-bond acceptors (Lipinski definition) is 5. The number of hydrogen-bond donors (Lipinski definition) is 1. The number of ether oxygens (including phenoxy) is 2. The maximum atomic E-state index is 12.7. The summed E-state index contributed by atoms with van der Waals surface area (Å²) in [4.78, 5) is 12.7. The Morgan fingerprint density at radius 3 is 2.46 bits per heavy atom. The Kier molecular flexibility index (Phi) is 6.66. The smallest absolute Gasteiger partial charge is 0.255 e. The fourth-order valence-corrected chi connectivity index (χ4v) is 4.22. The van der Waals surface area contributed by atoms with Gasteiger partial charge in [0.1, 0.15) is 5.75 Å². The highest BCUT2D eigenvalue weighted by atomic mass is 32.2. The van der Waals surface area contributed by atoms with Gasteiger partial charge < -0.3 is 14.8 Å². The van der Waals surface area contributed by atoms with E-state index in [2.05, 4.69) is 5.32 Å². The molecule has 1 fully saturated rings. The Hall–Kier alpha value is -2.42. The average Bonchev–Trinajstić information content (AvgIpc) is 2.74. The largest absolute Gasteiger partial charge is 0.491 e. The number of rotatable bonds is 7. The van der Waals surface area contributed by atoms with Crippen molar-refractivity contribution in [3.63, 3.8) is 0 Å². The molecule has 150 valence electrons. The molecule has 1 saturated heterocycles. The van der Waals surface area contributed by atoms with Crippen molar-refractivity contribution in [1.82, 2.24) is 4.31 Å².